The molecule has 0 aromatic heterocycles. The van der Waals surface area contributed by atoms with E-state index in [0.717, 1.165) is 0 Å². The van der Waals surface area contributed by atoms with E-state index in [1.165, 1.54) is 0 Å². The van der Waals surface area contributed by atoms with Crippen LogP contribution in [-0.2, 0) is 0 Å². The molecule has 24 heavy (non-hydrogen) atoms. The van der Waals surface area contributed by atoms with Gasteiger partial charge in [0.1, 0.15) is 5.75 Å². The highest BCUT2D eigenvalue weighted by molar-refractivity contribution is 6.32. The Kier molecular flexibility index (Phi) is 6.31. The topological polar surface area (TPSA) is 61.9 Å². The summed E-state index contributed by atoms with van der Waals surface area (Å²) in [7, 11) is 0. The molecule has 1 heterocycles. The number of carbonyl (C=O) groups is 2. The Hall–Kier alpha value is -1.95. The van der Waals surface area contributed by atoms with E-state index >= 15 is 0 Å². The molecule has 132 valence electrons. The van der Waals surface area contributed by atoms with E-state index in [-0.39, 0.29) is 18.0 Å². The van der Waals surface area contributed by atoms with E-state index < -0.39 is 0 Å². The zero-order chi connectivity index (χ0) is 17.7. The zero-order valence-corrected chi connectivity index (χ0v) is 15.1. The molecule has 0 aliphatic carbocycles. The molecular weight excluding hydrogens is 330 g/mol. The molecule has 0 unspecified atom stereocenters. The highest BCUT2D eigenvalue weighted by Gasteiger charge is 2.25. The second kappa shape index (κ2) is 8.24. The number of piperazine rings is 1. The van der Waals surface area contributed by atoms with Crippen molar-refractivity contribution in [2.75, 3.05) is 32.8 Å². The Balaban J connectivity index is 1.95. The van der Waals surface area contributed by atoms with Gasteiger partial charge < -0.3 is 19.9 Å². The van der Waals surface area contributed by atoms with Crippen molar-refractivity contribution >= 4 is 23.5 Å². The fourth-order valence-corrected chi connectivity index (χ4v) is 2.77. The smallest absolute Gasteiger partial charge is 0.317 e. The number of hydrogen-bond donors (Lipinski definition) is 1. The molecule has 0 atom stereocenters. The maximum atomic E-state index is 12.6. The van der Waals surface area contributed by atoms with E-state index in [1.54, 1.807) is 28.0 Å². The van der Waals surface area contributed by atoms with Gasteiger partial charge in [-0.05, 0) is 39.0 Å². The van der Waals surface area contributed by atoms with Crippen LogP contribution in [-0.4, -0.2) is 60.6 Å². The molecule has 1 fully saturated rings. The van der Waals surface area contributed by atoms with Crippen molar-refractivity contribution in [1.82, 2.24) is 15.1 Å². The Labute approximate surface area is 147 Å². The average molecular weight is 354 g/mol. The average Bonchev–Trinajstić information content (AvgIpc) is 2.55. The lowest BCUT2D eigenvalue weighted by molar-refractivity contribution is 0.0664. The molecule has 0 bridgehead atoms. The summed E-state index contributed by atoms with van der Waals surface area (Å²) in [6.07, 6.45) is 0. The molecule has 0 spiro atoms. The third kappa shape index (κ3) is 4.54. The lowest BCUT2D eigenvalue weighted by Crippen LogP contribution is -2.54. The molecule has 1 aliphatic rings. The quantitative estimate of drug-likeness (QED) is 0.905. The molecule has 1 aliphatic heterocycles. The predicted molar refractivity (Wildman–Crippen MR) is 93.8 cm³/mol. The van der Waals surface area contributed by atoms with Gasteiger partial charge in [0.05, 0.1) is 11.6 Å². The second-order valence-corrected chi connectivity index (χ2v) is 6.37. The molecule has 1 aromatic carbocycles. The van der Waals surface area contributed by atoms with Crippen molar-refractivity contribution in [2.45, 2.75) is 26.8 Å². The first kappa shape index (κ1) is 18.4. The summed E-state index contributed by atoms with van der Waals surface area (Å²) in [5, 5.41) is 3.29. The highest BCUT2D eigenvalue weighted by atomic mass is 35.5. The van der Waals surface area contributed by atoms with Gasteiger partial charge in [0.25, 0.3) is 5.91 Å². The second-order valence-electron chi connectivity index (χ2n) is 5.96. The molecule has 0 radical (unpaired) electrons. The molecule has 1 saturated heterocycles. The van der Waals surface area contributed by atoms with Crippen LogP contribution in [0.25, 0.3) is 0 Å². The van der Waals surface area contributed by atoms with Crippen molar-refractivity contribution in [1.29, 1.82) is 0 Å². The van der Waals surface area contributed by atoms with Gasteiger partial charge in [-0.15, -0.1) is 0 Å². The van der Waals surface area contributed by atoms with E-state index in [0.29, 0.717) is 49.1 Å². The third-order valence-corrected chi connectivity index (χ3v) is 4.04. The molecular formula is C17H24ClN3O3. The van der Waals surface area contributed by atoms with Gasteiger partial charge in [0.2, 0.25) is 0 Å². The number of urea groups is 1. The summed E-state index contributed by atoms with van der Waals surface area (Å²) in [5.41, 5.74) is 0.531. The number of halogens is 1. The van der Waals surface area contributed by atoms with Crippen molar-refractivity contribution in [3.8, 4) is 5.75 Å². The van der Waals surface area contributed by atoms with Gasteiger partial charge >= 0.3 is 6.03 Å². The number of rotatable bonds is 4. The van der Waals surface area contributed by atoms with Gasteiger partial charge in [-0.2, -0.15) is 0 Å². The molecule has 2 rings (SSSR count). The molecule has 1 aromatic rings. The number of carbonyl (C=O) groups excluding carboxylic acids is 2. The SMILES string of the molecule is CCOc1ccc(C(=O)N2CCN(C(=O)NC(C)C)CC2)cc1Cl. The highest BCUT2D eigenvalue weighted by Crippen LogP contribution is 2.26. The number of benzene rings is 1. The lowest BCUT2D eigenvalue weighted by atomic mass is 10.1. The Morgan fingerprint density at radius 2 is 1.83 bits per heavy atom. The summed E-state index contributed by atoms with van der Waals surface area (Å²) in [6.45, 7) is 8.31. The van der Waals surface area contributed by atoms with Crippen LogP contribution in [0.3, 0.4) is 0 Å². The van der Waals surface area contributed by atoms with Gasteiger partial charge in [-0.3, -0.25) is 4.79 Å². The Morgan fingerprint density at radius 3 is 2.38 bits per heavy atom. The summed E-state index contributed by atoms with van der Waals surface area (Å²) >= 11 is 6.15. The monoisotopic (exact) mass is 353 g/mol. The third-order valence-electron chi connectivity index (χ3n) is 3.74. The van der Waals surface area contributed by atoms with Gasteiger partial charge in [0, 0.05) is 37.8 Å². The van der Waals surface area contributed by atoms with Crippen LogP contribution in [0.5, 0.6) is 5.75 Å². The van der Waals surface area contributed by atoms with Crippen molar-refractivity contribution < 1.29 is 14.3 Å². The summed E-state index contributed by atoms with van der Waals surface area (Å²) in [5.74, 6) is 0.495. The van der Waals surface area contributed by atoms with Crippen LogP contribution in [0.1, 0.15) is 31.1 Å². The standard InChI is InChI=1S/C17H24ClN3O3/c1-4-24-15-6-5-13(11-14(15)18)16(22)20-7-9-21(10-8-20)17(23)19-12(2)3/h5-6,11-12H,4,7-10H2,1-3H3,(H,19,23). The minimum Gasteiger partial charge on any atom is -0.492 e. The minimum absolute atomic E-state index is 0.0798. The summed E-state index contributed by atoms with van der Waals surface area (Å²) in [4.78, 5) is 28.0. The number of ether oxygens (including phenoxy) is 1. The van der Waals surface area contributed by atoms with Gasteiger partial charge in [-0.25, -0.2) is 4.79 Å². The molecule has 6 nitrogen and oxygen atoms in total. The fourth-order valence-electron chi connectivity index (χ4n) is 2.54. The van der Waals surface area contributed by atoms with Crippen molar-refractivity contribution in [3.05, 3.63) is 28.8 Å². The minimum atomic E-state index is -0.0822. The Morgan fingerprint density at radius 1 is 1.21 bits per heavy atom. The van der Waals surface area contributed by atoms with Crippen molar-refractivity contribution in [2.24, 2.45) is 0 Å². The summed E-state index contributed by atoms with van der Waals surface area (Å²) in [6, 6.07) is 5.08. The van der Waals surface area contributed by atoms with Crippen molar-refractivity contribution in [3.63, 3.8) is 0 Å². The van der Waals surface area contributed by atoms with E-state index in [4.69, 9.17) is 16.3 Å². The van der Waals surface area contributed by atoms with Crippen LogP contribution in [0.2, 0.25) is 5.02 Å². The molecule has 0 saturated carbocycles. The van der Waals surface area contributed by atoms with Crippen LogP contribution >= 0.6 is 11.6 Å². The maximum absolute atomic E-state index is 12.6. The molecule has 7 heteroatoms. The van der Waals surface area contributed by atoms with Crippen LogP contribution in [0.15, 0.2) is 18.2 Å². The number of nitrogens with one attached hydrogen (secondary N) is 1. The van der Waals surface area contributed by atoms with Gasteiger partial charge in [-0.1, -0.05) is 11.6 Å². The van der Waals surface area contributed by atoms with Crippen LogP contribution < -0.4 is 10.1 Å². The number of hydrogen-bond acceptors (Lipinski definition) is 3. The van der Waals surface area contributed by atoms with E-state index in [1.807, 2.05) is 20.8 Å². The molecule has 1 N–H and O–H groups in total. The zero-order valence-electron chi connectivity index (χ0n) is 14.3. The lowest BCUT2D eigenvalue weighted by Gasteiger charge is -2.35. The first-order valence-electron chi connectivity index (χ1n) is 8.19. The van der Waals surface area contributed by atoms with Crippen LogP contribution in [0.4, 0.5) is 4.79 Å². The largest absolute Gasteiger partial charge is 0.492 e. The fraction of sp³-hybridized carbons (Fsp3) is 0.529. The van der Waals surface area contributed by atoms with Crippen LogP contribution in [0, 0.1) is 0 Å². The van der Waals surface area contributed by atoms with E-state index in [9.17, 15) is 9.59 Å². The van der Waals surface area contributed by atoms with E-state index in [2.05, 4.69) is 5.32 Å². The number of amides is 3. The summed E-state index contributed by atoms with van der Waals surface area (Å²) < 4.78 is 5.38. The first-order valence-corrected chi connectivity index (χ1v) is 8.57. The predicted octanol–water partition coefficient (Wildman–Crippen LogP) is 2.61. The first-order chi connectivity index (χ1) is 11.4. The normalized spacial score (nSPS) is 14.7. The number of nitrogens with zero attached hydrogens (tertiary/aromatic N) is 2. The molecule has 3 amide bonds. The maximum Gasteiger partial charge on any atom is 0.317 e. The Bertz CT molecular complexity index is 599. The van der Waals surface area contributed by atoms with Gasteiger partial charge in [0.15, 0.2) is 0 Å².